The predicted octanol–water partition coefficient (Wildman–Crippen LogP) is 2.49. The van der Waals surface area contributed by atoms with Crippen molar-refractivity contribution in [3.05, 3.63) is 0 Å². The Labute approximate surface area is 119 Å². The van der Waals surface area contributed by atoms with Gasteiger partial charge >= 0.3 is 0 Å². The molecule has 0 bridgehead atoms. The maximum Gasteiger partial charge on any atom is 0.0446 e. The molecule has 1 heterocycles. The van der Waals surface area contributed by atoms with E-state index < -0.39 is 0 Å². The smallest absolute Gasteiger partial charge is 0.0446 e. The maximum absolute atomic E-state index is 9.31. The lowest BCUT2D eigenvalue weighted by Gasteiger charge is -2.34. The fraction of sp³-hybridized carbons (Fsp3) is 1.00. The van der Waals surface area contributed by atoms with Crippen molar-refractivity contribution < 1.29 is 5.11 Å². The van der Waals surface area contributed by atoms with Gasteiger partial charge in [0, 0.05) is 31.3 Å². The third kappa shape index (κ3) is 4.17. The number of nitrogens with zero attached hydrogens (tertiary/aromatic N) is 2. The van der Waals surface area contributed by atoms with Gasteiger partial charge in [0.2, 0.25) is 0 Å². The Morgan fingerprint density at radius 2 is 1.74 bits per heavy atom. The van der Waals surface area contributed by atoms with E-state index in [9.17, 15) is 5.11 Å². The number of likely N-dealkylation sites (N-methyl/N-ethyl adjacent to an activating group) is 1. The molecule has 0 amide bonds. The Bertz CT molecular complexity index is 251. The molecule has 0 aromatic rings. The normalized spacial score (nSPS) is 33.0. The van der Waals surface area contributed by atoms with Gasteiger partial charge in [0.1, 0.15) is 0 Å². The fourth-order valence-corrected chi connectivity index (χ4v) is 3.81. The van der Waals surface area contributed by atoms with Gasteiger partial charge in [0.15, 0.2) is 0 Å². The largest absolute Gasteiger partial charge is 0.396 e. The quantitative estimate of drug-likeness (QED) is 0.797. The van der Waals surface area contributed by atoms with Gasteiger partial charge in [0.05, 0.1) is 0 Å². The van der Waals surface area contributed by atoms with E-state index in [0.717, 1.165) is 19.0 Å². The zero-order chi connectivity index (χ0) is 13.7. The van der Waals surface area contributed by atoms with Gasteiger partial charge in [-0.15, -0.1) is 0 Å². The summed E-state index contributed by atoms with van der Waals surface area (Å²) >= 11 is 0. The van der Waals surface area contributed by atoms with E-state index in [0.29, 0.717) is 18.7 Å². The minimum Gasteiger partial charge on any atom is -0.396 e. The van der Waals surface area contributed by atoms with Crippen LogP contribution in [0.4, 0.5) is 0 Å². The van der Waals surface area contributed by atoms with Gasteiger partial charge in [0.25, 0.3) is 0 Å². The van der Waals surface area contributed by atoms with Crippen molar-refractivity contribution in [3.63, 3.8) is 0 Å². The van der Waals surface area contributed by atoms with E-state index in [1.165, 1.54) is 51.5 Å². The number of rotatable bonds is 3. The van der Waals surface area contributed by atoms with E-state index >= 15 is 0 Å². The molecule has 112 valence electrons. The lowest BCUT2D eigenvalue weighted by atomic mass is 10.1. The highest BCUT2D eigenvalue weighted by Crippen LogP contribution is 2.25. The van der Waals surface area contributed by atoms with Gasteiger partial charge in [-0.3, -0.25) is 9.80 Å². The molecule has 1 aliphatic heterocycles. The van der Waals surface area contributed by atoms with Crippen molar-refractivity contribution in [2.24, 2.45) is 0 Å². The molecule has 1 saturated heterocycles. The van der Waals surface area contributed by atoms with Crippen LogP contribution < -0.4 is 0 Å². The standard InChI is InChI=1S/C16H32N2O/c1-14-9-11-18(13-16(10-12-19)17(14)2)15-7-5-3-4-6-8-15/h14-16,19H,3-13H2,1-2H3. The highest BCUT2D eigenvalue weighted by molar-refractivity contribution is 4.86. The molecule has 1 N–H and O–H groups in total. The van der Waals surface area contributed by atoms with Gasteiger partial charge in [-0.25, -0.2) is 0 Å². The maximum atomic E-state index is 9.31. The Morgan fingerprint density at radius 1 is 1.05 bits per heavy atom. The van der Waals surface area contributed by atoms with Crippen LogP contribution in [0.5, 0.6) is 0 Å². The van der Waals surface area contributed by atoms with Crippen LogP contribution >= 0.6 is 0 Å². The molecule has 3 heteroatoms. The molecule has 1 saturated carbocycles. The fourth-order valence-electron chi connectivity index (χ4n) is 3.81. The first-order chi connectivity index (χ1) is 9.22. The number of hydrogen-bond donors (Lipinski definition) is 1. The van der Waals surface area contributed by atoms with Gasteiger partial charge in [-0.1, -0.05) is 25.7 Å². The molecular formula is C16H32N2O. The van der Waals surface area contributed by atoms with Crippen LogP contribution in [0.1, 0.15) is 58.3 Å². The van der Waals surface area contributed by atoms with Crippen LogP contribution in [0, 0.1) is 0 Å². The average Bonchev–Trinajstić information content (AvgIpc) is 2.75. The molecule has 0 spiro atoms. The molecule has 2 aliphatic rings. The predicted molar refractivity (Wildman–Crippen MR) is 80.4 cm³/mol. The second-order valence-electron chi connectivity index (χ2n) is 6.61. The van der Waals surface area contributed by atoms with E-state index in [-0.39, 0.29) is 0 Å². The third-order valence-corrected chi connectivity index (χ3v) is 5.35. The second kappa shape index (κ2) is 7.61. The van der Waals surface area contributed by atoms with Crippen molar-refractivity contribution in [1.29, 1.82) is 0 Å². The van der Waals surface area contributed by atoms with Crippen LogP contribution in [-0.4, -0.2) is 59.8 Å². The van der Waals surface area contributed by atoms with E-state index in [1.54, 1.807) is 0 Å². The summed E-state index contributed by atoms with van der Waals surface area (Å²) in [5, 5.41) is 9.31. The van der Waals surface area contributed by atoms with E-state index in [4.69, 9.17) is 0 Å². The monoisotopic (exact) mass is 268 g/mol. The first-order valence-corrected chi connectivity index (χ1v) is 8.29. The van der Waals surface area contributed by atoms with Crippen LogP contribution in [-0.2, 0) is 0 Å². The number of aliphatic hydroxyl groups excluding tert-OH is 1. The van der Waals surface area contributed by atoms with Crippen molar-refractivity contribution in [1.82, 2.24) is 9.80 Å². The minimum absolute atomic E-state index is 0.320. The van der Waals surface area contributed by atoms with Crippen LogP contribution in [0.3, 0.4) is 0 Å². The summed E-state index contributed by atoms with van der Waals surface area (Å²) in [5.41, 5.74) is 0. The van der Waals surface area contributed by atoms with Crippen molar-refractivity contribution in [3.8, 4) is 0 Å². The van der Waals surface area contributed by atoms with Crippen molar-refractivity contribution in [2.75, 3.05) is 26.7 Å². The topological polar surface area (TPSA) is 26.7 Å². The molecule has 2 fully saturated rings. The SMILES string of the molecule is CC1CCN(C2CCCCCC2)CC(CCO)N1C. The molecule has 0 radical (unpaired) electrons. The minimum atomic E-state index is 0.320. The first-order valence-electron chi connectivity index (χ1n) is 8.29. The molecule has 2 rings (SSSR count). The second-order valence-corrected chi connectivity index (χ2v) is 6.61. The first kappa shape index (κ1) is 15.3. The summed E-state index contributed by atoms with van der Waals surface area (Å²) < 4.78 is 0. The van der Waals surface area contributed by atoms with Gasteiger partial charge in [-0.2, -0.15) is 0 Å². The van der Waals surface area contributed by atoms with Crippen LogP contribution in [0.15, 0.2) is 0 Å². The van der Waals surface area contributed by atoms with Gasteiger partial charge < -0.3 is 5.11 Å². The van der Waals surface area contributed by atoms with Gasteiger partial charge in [-0.05, 0) is 46.2 Å². The third-order valence-electron chi connectivity index (χ3n) is 5.35. The summed E-state index contributed by atoms with van der Waals surface area (Å²) in [6.45, 7) is 5.06. The van der Waals surface area contributed by atoms with Crippen LogP contribution in [0.25, 0.3) is 0 Å². The summed E-state index contributed by atoms with van der Waals surface area (Å²) in [5.74, 6) is 0. The molecule has 0 aromatic heterocycles. The molecule has 2 atom stereocenters. The zero-order valence-corrected chi connectivity index (χ0v) is 12.9. The summed E-state index contributed by atoms with van der Waals surface area (Å²) in [6, 6.07) is 1.99. The Balaban J connectivity index is 1.99. The highest BCUT2D eigenvalue weighted by atomic mass is 16.3. The zero-order valence-electron chi connectivity index (χ0n) is 12.9. The highest BCUT2D eigenvalue weighted by Gasteiger charge is 2.29. The molecule has 0 aromatic carbocycles. The summed E-state index contributed by atoms with van der Waals surface area (Å²) in [4.78, 5) is 5.23. The lowest BCUT2D eigenvalue weighted by Crippen LogP contribution is -2.44. The van der Waals surface area contributed by atoms with E-state index in [1.807, 2.05) is 0 Å². The summed E-state index contributed by atoms with van der Waals surface area (Å²) in [6.07, 6.45) is 10.7. The van der Waals surface area contributed by atoms with Crippen LogP contribution in [0.2, 0.25) is 0 Å². The lowest BCUT2D eigenvalue weighted by molar-refractivity contribution is 0.121. The number of aliphatic hydroxyl groups is 1. The van der Waals surface area contributed by atoms with E-state index in [2.05, 4.69) is 23.8 Å². The molecule has 2 unspecified atom stereocenters. The Hall–Kier alpha value is -0.120. The molecule has 3 nitrogen and oxygen atoms in total. The molecule has 1 aliphatic carbocycles. The Morgan fingerprint density at radius 3 is 2.37 bits per heavy atom. The summed E-state index contributed by atoms with van der Waals surface area (Å²) in [7, 11) is 2.24. The average molecular weight is 268 g/mol. The van der Waals surface area contributed by atoms with Crippen molar-refractivity contribution in [2.45, 2.75) is 76.4 Å². The molecule has 19 heavy (non-hydrogen) atoms. The van der Waals surface area contributed by atoms with Crippen molar-refractivity contribution >= 4 is 0 Å². The molecular weight excluding hydrogens is 236 g/mol. The number of hydrogen-bond acceptors (Lipinski definition) is 3. The Kier molecular flexibility index (Phi) is 6.11.